The molecule has 7 nitrogen and oxygen atoms in total. The van der Waals surface area contributed by atoms with Gasteiger partial charge in [0.15, 0.2) is 16.8 Å². The fraction of sp³-hybridized carbons (Fsp3) is 0.528. The number of hydrogen-bond acceptors (Lipinski definition) is 5. The van der Waals surface area contributed by atoms with Crippen LogP contribution in [0.25, 0.3) is 11.0 Å². The third-order valence-electron chi connectivity index (χ3n) is 9.53. The van der Waals surface area contributed by atoms with Gasteiger partial charge in [0.25, 0.3) is 5.91 Å². The van der Waals surface area contributed by atoms with E-state index in [9.17, 15) is 14.4 Å². The molecule has 0 bridgehead atoms. The summed E-state index contributed by atoms with van der Waals surface area (Å²) in [4.78, 5) is 42.4. The van der Waals surface area contributed by atoms with Gasteiger partial charge in [-0.3, -0.25) is 14.4 Å². The van der Waals surface area contributed by atoms with Crippen molar-refractivity contribution in [3.63, 3.8) is 0 Å². The molecule has 1 aliphatic heterocycles. The van der Waals surface area contributed by atoms with Crippen molar-refractivity contribution in [1.29, 1.82) is 0 Å². The Morgan fingerprint density at radius 1 is 1.02 bits per heavy atom. The van der Waals surface area contributed by atoms with Crippen LogP contribution in [0.1, 0.15) is 88.3 Å². The Bertz CT molecular complexity index is 1550. The number of rotatable bonds is 9. The Balaban J connectivity index is 1.29. The third kappa shape index (κ3) is 8.30. The SMILES string of the molecule is CC(C)(C)NC(=O)C1(C2CCCCC2)CCN(CC[C@H](Cc2ccc(Cl)cc2)NC(=O)c2cc(=O)c3cccc(Cl)c3o2)CC1. The molecular weight excluding hydrogens is 609 g/mol. The van der Waals surface area contributed by atoms with Gasteiger partial charge in [-0.1, -0.05) is 60.7 Å². The second kappa shape index (κ2) is 14.3. The molecule has 0 radical (unpaired) electrons. The first kappa shape index (κ1) is 33.5. The summed E-state index contributed by atoms with van der Waals surface area (Å²) >= 11 is 12.4. The summed E-state index contributed by atoms with van der Waals surface area (Å²) in [6.07, 6.45) is 8.89. The van der Waals surface area contributed by atoms with E-state index in [2.05, 4.69) is 36.3 Å². The molecule has 1 saturated heterocycles. The lowest BCUT2D eigenvalue weighted by atomic mass is 9.63. The predicted octanol–water partition coefficient (Wildman–Crippen LogP) is 7.41. The van der Waals surface area contributed by atoms with Crippen molar-refractivity contribution >= 4 is 46.0 Å². The number of para-hydroxylation sites is 1. The molecular formula is C36H45Cl2N3O4. The highest BCUT2D eigenvalue weighted by molar-refractivity contribution is 6.34. The van der Waals surface area contributed by atoms with Crippen molar-refractivity contribution in [2.45, 2.75) is 90.1 Å². The summed E-state index contributed by atoms with van der Waals surface area (Å²) in [5.41, 5.74) is 0.343. The van der Waals surface area contributed by atoms with E-state index in [1.54, 1.807) is 18.2 Å². The van der Waals surface area contributed by atoms with Crippen LogP contribution in [0.15, 0.2) is 57.7 Å². The first-order valence-corrected chi connectivity index (χ1v) is 17.0. The fourth-order valence-corrected chi connectivity index (χ4v) is 7.44. The van der Waals surface area contributed by atoms with Crippen molar-refractivity contribution in [2.24, 2.45) is 11.3 Å². The van der Waals surface area contributed by atoms with Crippen molar-refractivity contribution in [1.82, 2.24) is 15.5 Å². The Morgan fingerprint density at radius 2 is 1.71 bits per heavy atom. The molecule has 1 aliphatic carbocycles. The van der Waals surface area contributed by atoms with Crippen molar-refractivity contribution in [2.75, 3.05) is 19.6 Å². The van der Waals surface area contributed by atoms with Crippen molar-refractivity contribution in [3.05, 3.63) is 80.1 Å². The van der Waals surface area contributed by atoms with Crippen LogP contribution in [0.5, 0.6) is 0 Å². The lowest BCUT2D eigenvalue weighted by Gasteiger charge is -2.47. The molecule has 1 aromatic heterocycles. The van der Waals surface area contributed by atoms with Gasteiger partial charge >= 0.3 is 0 Å². The monoisotopic (exact) mass is 653 g/mol. The first-order chi connectivity index (χ1) is 21.4. The van der Waals surface area contributed by atoms with Gasteiger partial charge in [-0.15, -0.1) is 0 Å². The number of likely N-dealkylation sites (tertiary alicyclic amines) is 1. The number of hydrogen-bond donors (Lipinski definition) is 2. The maximum atomic E-state index is 13.8. The largest absolute Gasteiger partial charge is 0.449 e. The third-order valence-corrected chi connectivity index (χ3v) is 10.1. The standard InChI is InChI=1S/C36H45Cl2N3O4/c1-35(2,3)40-34(44)36(25-8-5-4-6-9-25)17-20-41(21-18-36)19-16-27(22-24-12-14-26(37)15-13-24)39-33(43)31-23-30(42)28-10-7-11-29(38)32(28)45-31/h7,10-15,23,25,27H,4-6,8-9,16-22H2,1-3H3,(H,39,43)(H,40,44)/t27-/m1/s1. The molecule has 2 N–H and O–H groups in total. The Hall–Kier alpha value is -2.87. The van der Waals surface area contributed by atoms with E-state index in [0.29, 0.717) is 29.2 Å². The number of carbonyl (C=O) groups is 2. The van der Waals surface area contributed by atoms with Crippen molar-refractivity contribution in [3.8, 4) is 0 Å². The minimum Gasteiger partial charge on any atom is -0.449 e. The summed E-state index contributed by atoms with van der Waals surface area (Å²) in [6, 6.07) is 13.6. The van der Waals surface area contributed by atoms with Crippen molar-refractivity contribution < 1.29 is 14.0 Å². The van der Waals surface area contributed by atoms with E-state index < -0.39 is 5.91 Å². The Kier molecular flexibility index (Phi) is 10.6. The molecule has 2 heterocycles. The summed E-state index contributed by atoms with van der Waals surface area (Å²) in [5, 5.41) is 7.71. The maximum absolute atomic E-state index is 13.8. The minimum absolute atomic E-state index is 0.0678. The van der Waals surface area contributed by atoms with Crippen LogP contribution in [0, 0.1) is 11.3 Å². The molecule has 2 aromatic carbocycles. The second-order valence-corrected chi connectivity index (χ2v) is 14.8. The van der Waals surface area contributed by atoms with Gasteiger partial charge in [-0.25, -0.2) is 0 Å². The molecule has 3 aromatic rings. The number of nitrogens with one attached hydrogen (secondary N) is 2. The van der Waals surface area contributed by atoms with E-state index in [-0.39, 0.29) is 44.7 Å². The molecule has 2 fully saturated rings. The normalized spacial score (nSPS) is 18.4. The fourth-order valence-electron chi connectivity index (χ4n) is 7.10. The molecule has 2 aliphatic rings. The van der Waals surface area contributed by atoms with Crippen LogP contribution < -0.4 is 16.1 Å². The van der Waals surface area contributed by atoms with Gasteiger partial charge in [0.05, 0.1) is 15.8 Å². The molecule has 45 heavy (non-hydrogen) atoms. The number of halogens is 2. The van der Waals surface area contributed by atoms with Crippen LogP contribution in [-0.4, -0.2) is 47.9 Å². The van der Waals surface area contributed by atoms with Crippen LogP contribution in [0.3, 0.4) is 0 Å². The Morgan fingerprint density at radius 3 is 2.38 bits per heavy atom. The van der Waals surface area contributed by atoms with Gasteiger partial charge < -0.3 is 20.0 Å². The lowest BCUT2D eigenvalue weighted by molar-refractivity contribution is -0.141. The highest BCUT2D eigenvalue weighted by Crippen LogP contribution is 2.46. The number of piperidine rings is 1. The van der Waals surface area contributed by atoms with Gasteiger partial charge in [-0.05, 0) is 108 Å². The zero-order valence-corrected chi connectivity index (χ0v) is 28.1. The van der Waals surface area contributed by atoms with Gasteiger partial charge in [-0.2, -0.15) is 0 Å². The molecule has 1 atom stereocenters. The average molecular weight is 655 g/mol. The van der Waals surface area contributed by atoms with Crippen LogP contribution in [0.4, 0.5) is 0 Å². The molecule has 9 heteroatoms. The lowest BCUT2D eigenvalue weighted by Crippen LogP contribution is -2.56. The van der Waals surface area contributed by atoms with Crippen LogP contribution in [0.2, 0.25) is 10.0 Å². The van der Waals surface area contributed by atoms with Crippen LogP contribution in [-0.2, 0) is 11.2 Å². The summed E-state index contributed by atoms with van der Waals surface area (Å²) in [7, 11) is 0. The predicted molar refractivity (Wildman–Crippen MR) is 181 cm³/mol. The van der Waals surface area contributed by atoms with E-state index in [4.69, 9.17) is 27.6 Å². The summed E-state index contributed by atoms with van der Waals surface area (Å²) in [5.74, 6) is 0.118. The number of nitrogens with zero attached hydrogens (tertiary/aromatic N) is 1. The molecule has 5 rings (SSSR count). The first-order valence-electron chi connectivity index (χ1n) is 16.3. The molecule has 1 saturated carbocycles. The number of carbonyl (C=O) groups excluding carboxylic acids is 2. The van der Waals surface area contributed by atoms with E-state index in [1.807, 2.05) is 24.3 Å². The molecule has 0 unspecified atom stereocenters. The topological polar surface area (TPSA) is 91.7 Å². The highest BCUT2D eigenvalue weighted by Gasteiger charge is 2.48. The summed E-state index contributed by atoms with van der Waals surface area (Å²) in [6.45, 7) is 8.62. The van der Waals surface area contributed by atoms with E-state index in [0.717, 1.165) is 50.9 Å². The Labute approximate surface area is 276 Å². The van der Waals surface area contributed by atoms with Gasteiger partial charge in [0.1, 0.15) is 0 Å². The summed E-state index contributed by atoms with van der Waals surface area (Å²) < 4.78 is 5.82. The highest BCUT2D eigenvalue weighted by atomic mass is 35.5. The number of benzene rings is 2. The number of amides is 2. The average Bonchev–Trinajstić information content (AvgIpc) is 3.01. The number of fused-ring (bicyclic) bond motifs is 1. The zero-order chi connectivity index (χ0) is 32.2. The molecule has 2 amide bonds. The smallest absolute Gasteiger partial charge is 0.287 e. The van der Waals surface area contributed by atoms with E-state index >= 15 is 0 Å². The minimum atomic E-state index is -0.457. The van der Waals surface area contributed by atoms with Crippen LogP contribution >= 0.6 is 23.2 Å². The molecule has 242 valence electrons. The van der Waals surface area contributed by atoms with Gasteiger partial charge in [0.2, 0.25) is 5.91 Å². The van der Waals surface area contributed by atoms with E-state index in [1.165, 1.54) is 25.3 Å². The zero-order valence-electron chi connectivity index (χ0n) is 26.6. The quantitative estimate of drug-likeness (QED) is 0.251. The second-order valence-electron chi connectivity index (χ2n) is 13.9. The van der Waals surface area contributed by atoms with Gasteiger partial charge in [0, 0.05) is 29.2 Å². The molecule has 0 spiro atoms. The maximum Gasteiger partial charge on any atom is 0.287 e.